The summed E-state index contributed by atoms with van der Waals surface area (Å²) in [5.41, 5.74) is 2.00. The molecule has 1 fully saturated rings. The Morgan fingerprint density at radius 3 is 2.83 bits per heavy atom. The van der Waals surface area contributed by atoms with Gasteiger partial charge in [0.1, 0.15) is 11.8 Å². The number of carbonyl (C=O) groups is 1. The molecule has 1 aromatic carbocycles. The number of aromatic nitrogens is 3. The van der Waals surface area contributed by atoms with E-state index in [1.807, 2.05) is 45.0 Å². The number of amides is 1. The van der Waals surface area contributed by atoms with Crippen LogP contribution in [0.15, 0.2) is 28.7 Å². The number of rotatable bonds is 4. The van der Waals surface area contributed by atoms with E-state index in [1.165, 1.54) is 0 Å². The van der Waals surface area contributed by atoms with Gasteiger partial charge in [-0.2, -0.15) is 0 Å². The largest absolute Gasteiger partial charge is 0.497 e. The second kappa shape index (κ2) is 7.79. The molecular weight excluding hydrogens is 372 g/mol. The van der Waals surface area contributed by atoms with Crippen LogP contribution in [-0.2, 0) is 4.74 Å². The van der Waals surface area contributed by atoms with Gasteiger partial charge in [-0.1, -0.05) is 13.8 Å². The Labute approximate surface area is 168 Å². The third-order valence-corrected chi connectivity index (χ3v) is 5.07. The highest BCUT2D eigenvalue weighted by Gasteiger charge is 2.34. The van der Waals surface area contributed by atoms with Gasteiger partial charge in [0.2, 0.25) is 11.8 Å². The molecule has 1 aliphatic rings. The van der Waals surface area contributed by atoms with Crippen LogP contribution in [0.3, 0.4) is 0 Å². The Bertz CT molecular complexity index is 1050. The van der Waals surface area contributed by atoms with E-state index in [0.29, 0.717) is 42.8 Å². The van der Waals surface area contributed by atoms with E-state index < -0.39 is 6.04 Å². The van der Waals surface area contributed by atoms with Gasteiger partial charge in [0.05, 0.1) is 37.1 Å². The van der Waals surface area contributed by atoms with E-state index in [0.717, 1.165) is 16.7 Å². The predicted molar refractivity (Wildman–Crippen MR) is 106 cm³/mol. The number of hydrogen-bond acceptors (Lipinski definition) is 7. The summed E-state index contributed by atoms with van der Waals surface area (Å²) in [4.78, 5) is 19.8. The van der Waals surface area contributed by atoms with Crippen molar-refractivity contribution in [3.8, 4) is 5.75 Å². The summed E-state index contributed by atoms with van der Waals surface area (Å²) >= 11 is 0. The average molecular weight is 396 g/mol. The van der Waals surface area contributed by atoms with E-state index in [-0.39, 0.29) is 11.8 Å². The molecule has 0 saturated carbocycles. The summed E-state index contributed by atoms with van der Waals surface area (Å²) in [7, 11) is 1.62. The van der Waals surface area contributed by atoms with E-state index in [2.05, 4.69) is 15.2 Å². The normalized spacial score (nSPS) is 17.1. The Kier molecular flexibility index (Phi) is 5.19. The van der Waals surface area contributed by atoms with E-state index >= 15 is 0 Å². The van der Waals surface area contributed by atoms with Crippen LogP contribution < -0.4 is 4.74 Å². The van der Waals surface area contributed by atoms with Gasteiger partial charge in [-0.25, -0.2) is 0 Å². The van der Waals surface area contributed by atoms with Gasteiger partial charge in [0, 0.05) is 23.9 Å². The number of carbonyl (C=O) groups excluding carboxylic acids is 1. The van der Waals surface area contributed by atoms with Crippen molar-refractivity contribution in [1.82, 2.24) is 20.1 Å². The molecule has 1 atom stereocenters. The number of nitrogens with zero attached hydrogens (tertiary/aromatic N) is 4. The maximum atomic E-state index is 13.4. The van der Waals surface area contributed by atoms with Gasteiger partial charge < -0.3 is 18.8 Å². The minimum absolute atomic E-state index is 0.119. The van der Waals surface area contributed by atoms with Crippen molar-refractivity contribution in [2.75, 3.05) is 26.9 Å². The molecule has 0 aliphatic carbocycles. The van der Waals surface area contributed by atoms with Gasteiger partial charge in [-0.15, -0.1) is 10.2 Å². The van der Waals surface area contributed by atoms with Crippen LogP contribution >= 0.6 is 0 Å². The first-order chi connectivity index (χ1) is 14.0. The van der Waals surface area contributed by atoms with Crippen molar-refractivity contribution in [3.05, 3.63) is 47.3 Å². The Balaban J connectivity index is 1.68. The zero-order valence-electron chi connectivity index (χ0n) is 17.0. The van der Waals surface area contributed by atoms with Crippen molar-refractivity contribution in [3.63, 3.8) is 0 Å². The molecule has 3 aromatic rings. The van der Waals surface area contributed by atoms with Gasteiger partial charge in [0.25, 0.3) is 5.91 Å². The second-order valence-corrected chi connectivity index (χ2v) is 7.40. The van der Waals surface area contributed by atoms with Crippen molar-refractivity contribution in [1.29, 1.82) is 0 Å². The van der Waals surface area contributed by atoms with Crippen molar-refractivity contribution < 1.29 is 18.7 Å². The monoisotopic (exact) mass is 396 g/mol. The Hall–Kier alpha value is -3.00. The third-order valence-electron chi connectivity index (χ3n) is 5.07. The molecule has 3 heterocycles. The van der Waals surface area contributed by atoms with Crippen LogP contribution in [0.4, 0.5) is 0 Å². The molecule has 1 aliphatic heterocycles. The molecule has 0 bridgehead atoms. The fourth-order valence-corrected chi connectivity index (χ4v) is 3.41. The molecule has 0 radical (unpaired) electrons. The van der Waals surface area contributed by atoms with Crippen molar-refractivity contribution >= 4 is 16.8 Å². The zero-order chi connectivity index (χ0) is 20.5. The van der Waals surface area contributed by atoms with E-state index in [1.54, 1.807) is 12.0 Å². The number of pyridine rings is 1. The number of methoxy groups -OCH3 is 1. The smallest absolute Gasteiger partial charge is 0.256 e. The molecule has 1 amide bonds. The minimum Gasteiger partial charge on any atom is -0.497 e. The fraction of sp³-hybridized carbons (Fsp3) is 0.429. The fourth-order valence-electron chi connectivity index (χ4n) is 3.41. The molecule has 0 spiro atoms. The first-order valence-corrected chi connectivity index (χ1v) is 9.65. The van der Waals surface area contributed by atoms with Crippen LogP contribution in [0.5, 0.6) is 5.75 Å². The van der Waals surface area contributed by atoms with Gasteiger partial charge in [-0.05, 0) is 25.1 Å². The second-order valence-electron chi connectivity index (χ2n) is 7.40. The number of aryl methyl sites for hydroxylation is 1. The molecule has 8 heteroatoms. The van der Waals surface area contributed by atoms with Gasteiger partial charge in [0.15, 0.2) is 0 Å². The van der Waals surface area contributed by atoms with Crippen molar-refractivity contribution in [2.24, 2.45) is 0 Å². The number of benzene rings is 1. The lowest BCUT2D eigenvalue weighted by Crippen LogP contribution is -2.43. The molecule has 0 unspecified atom stereocenters. The molecule has 4 rings (SSSR count). The maximum absolute atomic E-state index is 13.4. The average Bonchev–Trinajstić information content (AvgIpc) is 3.23. The summed E-state index contributed by atoms with van der Waals surface area (Å²) in [5.74, 6) is 1.68. The zero-order valence-corrected chi connectivity index (χ0v) is 17.0. The van der Waals surface area contributed by atoms with Crippen LogP contribution in [0, 0.1) is 6.92 Å². The van der Waals surface area contributed by atoms with Crippen molar-refractivity contribution in [2.45, 2.75) is 32.7 Å². The summed E-state index contributed by atoms with van der Waals surface area (Å²) in [6.45, 7) is 7.04. The topological polar surface area (TPSA) is 90.6 Å². The molecular formula is C21H24N4O4. The highest BCUT2D eigenvalue weighted by atomic mass is 16.5. The summed E-state index contributed by atoms with van der Waals surface area (Å²) in [6, 6.07) is 7.08. The molecule has 29 heavy (non-hydrogen) atoms. The summed E-state index contributed by atoms with van der Waals surface area (Å²) in [6.07, 6.45) is 0. The highest BCUT2D eigenvalue weighted by Crippen LogP contribution is 2.28. The van der Waals surface area contributed by atoms with Gasteiger partial charge in [-0.3, -0.25) is 9.78 Å². The number of hydrogen-bond donors (Lipinski definition) is 0. The summed E-state index contributed by atoms with van der Waals surface area (Å²) < 4.78 is 16.7. The molecule has 152 valence electrons. The third kappa shape index (κ3) is 3.67. The van der Waals surface area contributed by atoms with Crippen LogP contribution in [-0.4, -0.2) is 52.9 Å². The molecule has 8 nitrogen and oxygen atoms in total. The van der Waals surface area contributed by atoms with Crippen LogP contribution in [0.1, 0.15) is 53.6 Å². The minimum atomic E-state index is -0.415. The lowest BCUT2D eigenvalue weighted by atomic mass is 10.1. The molecule has 0 N–H and O–H groups in total. The molecule has 1 saturated heterocycles. The van der Waals surface area contributed by atoms with E-state index in [4.69, 9.17) is 13.9 Å². The Morgan fingerprint density at radius 1 is 1.28 bits per heavy atom. The lowest BCUT2D eigenvalue weighted by molar-refractivity contribution is -0.0108. The maximum Gasteiger partial charge on any atom is 0.256 e. The summed E-state index contributed by atoms with van der Waals surface area (Å²) in [5, 5.41) is 9.14. The standard InChI is InChI=1S/C21H24N4O4/c1-12(2)19-23-24-20(29-19)18-11-28-8-7-25(18)21(26)16-9-14-5-6-15(27-4)10-17(14)22-13(16)3/h5-6,9-10,12,18H,7-8,11H2,1-4H3/t18-/m1/s1. The quantitative estimate of drug-likeness (QED) is 0.668. The molecule has 2 aromatic heterocycles. The Morgan fingerprint density at radius 2 is 2.10 bits per heavy atom. The SMILES string of the molecule is COc1ccc2cc(C(=O)N3CCOC[C@@H]3c3nnc(C(C)C)o3)c(C)nc2c1. The highest BCUT2D eigenvalue weighted by molar-refractivity contribution is 5.99. The lowest BCUT2D eigenvalue weighted by Gasteiger charge is -2.33. The van der Waals surface area contributed by atoms with E-state index in [9.17, 15) is 4.79 Å². The first-order valence-electron chi connectivity index (χ1n) is 9.65. The number of ether oxygens (including phenoxy) is 2. The van der Waals surface area contributed by atoms with Crippen LogP contribution in [0.2, 0.25) is 0 Å². The number of fused-ring (bicyclic) bond motifs is 1. The van der Waals surface area contributed by atoms with Gasteiger partial charge >= 0.3 is 0 Å². The number of morpholine rings is 1. The van der Waals surface area contributed by atoms with Crippen LogP contribution in [0.25, 0.3) is 10.9 Å². The predicted octanol–water partition coefficient (Wildman–Crippen LogP) is 3.27. The first kappa shape index (κ1) is 19.3.